The number of hydrogen-bond acceptors (Lipinski definition) is 4. The number of aromatic nitrogens is 1. The lowest BCUT2D eigenvalue weighted by atomic mass is 10.3. The summed E-state index contributed by atoms with van der Waals surface area (Å²) >= 11 is 1.46. The molecule has 0 aliphatic rings. The fraction of sp³-hybridized carbons (Fsp3) is 0.250. The third kappa shape index (κ3) is 2.12. The molecule has 0 radical (unpaired) electrons. The van der Waals surface area contributed by atoms with Crippen molar-refractivity contribution < 1.29 is 14.6 Å². The van der Waals surface area contributed by atoms with Crippen molar-refractivity contribution in [1.29, 1.82) is 0 Å². The fourth-order valence-electron chi connectivity index (χ4n) is 0.848. The molecule has 0 aliphatic heterocycles. The maximum atomic E-state index is 10.5. The van der Waals surface area contributed by atoms with E-state index in [4.69, 9.17) is 9.84 Å². The number of methoxy groups -OCH3 is 1. The van der Waals surface area contributed by atoms with Crippen molar-refractivity contribution in [3.8, 4) is 5.88 Å². The highest BCUT2D eigenvalue weighted by Gasteiger charge is 2.09. The smallest absolute Gasteiger partial charge is 0.354 e. The van der Waals surface area contributed by atoms with Crippen molar-refractivity contribution in [3.63, 3.8) is 0 Å². The van der Waals surface area contributed by atoms with Crippen molar-refractivity contribution in [3.05, 3.63) is 17.8 Å². The second-order valence-corrected chi connectivity index (χ2v) is 3.06. The molecule has 0 atom stereocenters. The van der Waals surface area contributed by atoms with Crippen molar-refractivity contribution in [2.75, 3.05) is 13.4 Å². The molecule has 0 spiro atoms. The molecule has 0 fully saturated rings. The van der Waals surface area contributed by atoms with Gasteiger partial charge < -0.3 is 9.84 Å². The minimum atomic E-state index is -1.05. The van der Waals surface area contributed by atoms with E-state index < -0.39 is 5.97 Å². The Kier molecular flexibility index (Phi) is 3.13. The number of aromatic carboxylic acids is 1. The number of carbonyl (C=O) groups is 1. The van der Waals surface area contributed by atoms with E-state index in [1.807, 2.05) is 6.26 Å². The largest absolute Gasteiger partial charge is 0.480 e. The molecular weight excluding hydrogens is 190 g/mol. The standard InChI is InChI=1S/C8H9NO3S/c1-12-7-6(13-2)4-3-5(9-7)8(10)11/h3-4H,1-2H3,(H,10,11). The monoisotopic (exact) mass is 199 g/mol. The maximum absolute atomic E-state index is 10.5. The van der Waals surface area contributed by atoms with E-state index in [1.54, 1.807) is 6.07 Å². The highest BCUT2D eigenvalue weighted by molar-refractivity contribution is 7.98. The van der Waals surface area contributed by atoms with Gasteiger partial charge in [0.2, 0.25) is 5.88 Å². The number of carboxylic acid groups (broad SMARTS) is 1. The molecule has 0 bridgehead atoms. The quantitative estimate of drug-likeness (QED) is 0.748. The molecule has 0 aromatic carbocycles. The van der Waals surface area contributed by atoms with Crippen molar-refractivity contribution in [2.24, 2.45) is 0 Å². The Bertz CT molecular complexity index is 327. The van der Waals surface area contributed by atoms with Crippen LogP contribution in [-0.2, 0) is 0 Å². The minimum absolute atomic E-state index is 0.00495. The Morgan fingerprint density at radius 2 is 2.31 bits per heavy atom. The van der Waals surface area contributed by atoms with Crippen LogP contribution in [0.2, 0.25) is 0 Å². The van der Waals surface area contributed by atoms with E-state index in [0.717, 1.165) is 4.90 Å². The van der Waals surface area contributed by atoms with Gasteiger partial charge in [-0.3, -0.25) is 0 Å². The Morgan fingerprint density at radius 1 is 1.62 bits per heavy atom. The molecule has 0 unspecified atom stereocenters. The van der Waals surface area contributed by atoms with Crippen LogP contribution in [0.4, 0.5) is 0 Å². The van der Waals surface area contributed by atoms with E-state index >= 15 is 0 Å². The van der Waals surface area contributed by atoms with Crippen LogP contribution in [0.1, 0.15) is 10.5 Å². The topological polar surface area (TPSA) is 59.4 Å². The highest BCUT2D eigenvalue weighted by atomic mass is 32.2. The summed E-state index contributed by atoms with van der Waals surface area (Å²) in [6.07, 6.45) is 1.87. The summed E-state index contributed by atoms with van der Waals surface area (Å²) in [6, 6.07) is 3.14. The Labute approximate surface area is 79.9 Å². The van der Waals surface area contributed by atoms with Gasteiger partial charge in [-0.05, 0) is 18.4 Å². The lowest BCUT2D eigenvalue weighted by Gasteiger charge is -2.04. The zero-order valence-electron chi connectivity index (χ0n) is 7.27. The number of pyridine rings is 1. The molecule has 0 amide bonds. The van der Waals surface area contributed by atoms with Gasteiger partial charge in [0.15, 0.2) is 5.69 Å². The SMILES string of the molecule is COc1nc(C(=O)O)ccc1SC. The van der Waals surface area contributed by atoms with Gasteiger partial charge in [-0.1, -0.05) is 0 Å². The molecule has 4 nitrogen and oxygen atoms in total. The second-order valence-electron chi connectivity index (χ2n) is 2.21. The minimum Gasteiger partial charge on any atom is -0.480 e. The van der Waals surface area contributed by atoms with Crippen LogP contribution in [0.15, 0.2) is 17.0 Å². The summed E-state index contributed by atoms with van der Waals surface area (Å²) in [4.78, 5) is 15.2. The Hall–Kier alpha value is -1.23. The Balaban J connectivity index is 3.13. The highest BCUT2D eigenvalue weighted by Crippen LogP contribution is 2.25. The molecule has 1 heterocycles. The first-order valence-corrected chi connectivity index (χ1v) is 4.74. The third-order valence-corrected chi connectivity index (χ3v) is 2.21. The summed E-state index contributed by atoms with van der Waals surface area (Å²) in [6.45, 7) is 0. The van der Waals surface area contributed by atoms with Gasteiger partial charge in [0, 0.05) is 0 Å². The lowest BCUT2D eigenvalue weighted by molar-refractivity contribution is 0.0689. The zero-order valence-corrected chi connectivity index (χ0v) is 8.09. The van der Waals surface area contributed by atoms with Crippen LogP contribution < -0.4 is 4.74 Å². The number of nitrogens with zero attached hydrogens (tertiary/aromatic N) is 1. The predicted molar refractivity (Wildman–Crippen MR) is 49.5 cm³/mol. The summed E-state index contributed by atoms with van der Waals surface area (Å²) < 4.78 is 4.93. The average Bonchev–Trinajstić information content (AvgIpc) is 2.16. The number of hydrogen-bond donors (Lipinski definition) is 1. The third-order valence-electron chi connectivity index (χ3n) is 1.46. The molecule has 0 saturated heterocycles. The molecular formula is C8H9NO3S. The van der Waals surface area contributed by atoms with E-state index in [-0.39, 0.29) is 5.69 Å². The van der Waals surface area contributed by atoms with Gasteiger partial charge in [-0.15, -0.1) is 11.8 Å². The van der Waals surface area contributed by atoms with Gasteiger partial charge in [0.25, 0.3) is 0 Å². The van der Waals surface area contributed by atoms with Crippen molar-refractivity contribution in [1.82, 2.24) is 4.98 Å². The first-order chi connectivity index (χ1) is 6.19. The van der Waals surface area contributed by atoms with E-state index in [9.17, 15) is 4.79 Å². The van der Waals surface area contributed by atoms with E-state index in [2.05, 4.69) is 4.98 Å². The number of ether oxygens (including phenoxy) is 1. The van der Waals surface area contributed by atoms with Crippen LogP contribution in [0, 0.1) is 0 Å². The summed E-state index contributed by atoms with van der Waals surface area (Å²) in [5.74, 6) is -0.696. The van der Waals surface area contributed by atoms with E-state index in [1.165, 1.54) is 24.9 Å². The van der Waals surface area contributed by atoms with Crippen molar-refractivity contribution >= 4 is 17.7 Å². The molecule has 70 valence electrons. The molecule has 1 rings (SSSR count). The number of carboxylic acids is 1. The lowest BCUT2D eigenvalue weighted by Crippen LogP contribution is -2.02. The summed E-state index contributed by atoms with van der Waals surface area (Å²) in [7, 11) is 1.47. The predicted octanol–water partition coefficient (Wildman–Crippen LogP) is 1.51. The van der Waals surface area contributed by atoms with Crippen LogP contribution >= 0.6 is 11.8 Å². The van der Waals surface area contributed by atoms with Gasteiger partial charge in [0.05, 0.1) is 12.0 Å². The summed E-state index contributed by atoms with van der Waals surface area (Å²) in [5, 5.41) is 8.64. The molecule has 0 aliphatic carbocycles. The first kappa shape index (κ1) is 9.85. The van der Waals surface area contributed by atoms with Gasteiger partial charge in [-0.2, -0.15) is 0 Å². The zero-order chi connectivity index (χ0) is 9.84. The molecule has 1 aromatic heterocycles. The Morgan fingerprint density at radius 3 is 2.77 bits per heavy atom. The van der Waals surface area contributed by atoms with Crippen LogP contribution in [0.5, 0.6) is 5.88 Å². The maximum Gasteiger partial charge on any atom is 0.354 e. The normalized spacial score (nSPS) is 9.69. The van der Waals surface area contributed by atoms with Crippen LogP contribution in [0.3, 0.4) is 0 Å². The van der Waals surface area contributed by atoms with Crippen LogP contribution in [-0.4, -0.2) is 29.4 Å². The molecule has 13 heavy (non-hydrogen) atoms. The van der Waals surface area contributed by atoms with E-state index in [0.29, 0.717) is 5.88 Å². The first-order valence-electron chi connectivity index (χ1n) is 3.51. The number of rotatable bonds is 3. The van der Waals surface area contributed by atoms with Gasteiger partial charge in [-0.25, -0.2) is 9.78 Å². The second kappa shape index (κ2) is 4.13. The molecule has 1 aromatic rings. The van der Waals surface area contributed by atoms with Crippen molar-refractivity contribution in [2.45, 2.75) is 4.90 Å². The number of thioether (sulfide) groups is 1. The molecule has 5 heteroatoms. The fourth-order valence-corrected chi connectivity index (χ4v) is 1.36. The van der Waals surface area contributed by atoms with Gasteiger partial charge >= 0.3 is 5.97 Å². The van der Waals surface area contributed by atoms with Crippen LogP contribution in [0.25, 0.3) is 0 Å². The summed E-state index contributed by atoms with van der Waals surface area (Å²) in [5.41, 5.74) is -0.00495. The average molecular weight is 199 g/mol. The van der Waals surface area contributed by atoms with Gasteiger partial charge in [0.1, 0.15) is 0 Å². The molecule has 1 N–H and O–H groups in total. The molecule has 0 saturated carbocycles.